The second kappa shape index (κ2) is 11.5. The Hall–Kier alpha value is -3.35. The fourth-order valence-corrected chi connectivity index (χ4v) is 6.74. The predicted molar refractivity (Wildman–Crippen MR) is 150 cm³/mol. The zero-order valence-electron chi connectivity index (χ0n) is 23.4. The van der Waals surface area contributed by atoms with E-state index in [2.05, 4.69) is 12.0 Å². The summed E-state index contributed by atoms with van der Waals surface area (Å²) in [7, 11) is 5.33. The number of rotatable bonds is 10. The molecule has 0 bridgehead atoms. The molecule has 0 radical (unpaired) electrons. The number of ether oxygens (including phenoxy) is 3. The molecule has 3 aromatic rings. The lowest BCUT2D eigenvalue weighted by Crippen LogP contribution is -2.52. The molecular formula is C29H34F2N3O6S+. The molecule has 1 aliphatic heterocycles. The highest BCUT2D eigenvalue weighted by molar-refractivity contribution is 7.22. The number of likely N-dealkylation sites (N-methyl/N-ethyl adjacent to an activating group) is 1. The maximum atomic E-state index is 13.9. The van der Waals surface area contributed by atoms with Crippen molar-refractivity contribution in [2.75, 3.05) is 65.6 Å². The maximum absolute atomic E-state index is 13.9. The number of carbonyl (C=O) groups excluding carboxylic acids is 1. The molecule has 2 heterocycles. The van der Waals surface area contributed by atoms with Gasteiger partial charge in [-0.1, -0.05) is 11.3 Å². The molecule has 2 aromatic carbocycles. The Bertz CT molecular complexity index is 1440. The standard InChI is InChI=1S/C29H33F2N3O6S/c1-33(27(37)29(17-26(35)36)15-18-11-20(30)21(31)12-19(18)16-29)28-32-22-13-24(23(38-3)14-25(22)41-28)40-8-4-5-34(2)6-9-39-10-7-34/h11-14H,4-10,15-17H2,1-3H3/p+1. The van der Waals surface area contributed by atoms with E-state index in [9.17, 15) is 23.5 Å². The lowest BCUT2D eigenvalue weighted by atomic mass is 9.80. The number of carboxylic acids is 1. The van der Waals surface area contributed by atoms with Gasteiger partial charge in [0.2, 0.25) is 5.91 Å². The highest BCUT2D eigenvalue weighted by atomic mass is 32.1. The molecule has 0 spiro atoms. The first-order chi connectivity index (χ1) is 19.5. The number of benzene rings is 2. The molecule has 12 heteroatoms. The average Bonchev–Trinajstić information content (AvgIpc) is 3.51. The molecular weight excluding hydrogens is 556 g/mol. The molecule has 220 valence electrons. The third-order valence-corrected chi connectivity index (χ3v) is 9.24. The molecule has 1 aliphatic carbocycles. The quantitative estimate of drug-likeness (QED) is 0.281. The number of anilines is 1. The first-order valence-electron chi connectivity index (χ1n) is 13.5. The number of carboxylic acid groups (broad SMARTS) is 1. The van der Waals surface area contributed by atoms with Gasteiger partial charge in [0.1, 0.15) is 13.1 Å². The van der Waals surface area contributed by atoms with E-state index in [1.807, 2.05) is 6.07 Å². The fourth-order valence-electron chi connectivity index (χ4n) is 5.81. The van der Waals surface area contributed by atoms with E-state index in [1.54, 1.807) is 13.2 Å². The summed E-state index contributed by atoms with van der Waals surface area (Å²) in [5.74, 6) is -2.59. The number of morpholine rings is 1. The van der Waals surface area contributed by atoms with Crippen molar-refractivity contribution in [3.05, 3.63) is 47.0 Å². The minimum Gasteiger partial charge on any atom is -0.493 e. The number of thiazole rings is 1. The van der Waals surface area contributed by atoms with Crippen molar-refractivity contribution >= 4 is 38.6 Å². The first kappa shape index (κ1) is 29.2. The third-order valence-electron chi connectivity index (χ3n) is 8.15. The highest BCUT2D eigenvalue weighted by Crippen LogP contribution is 2.44. The Labute approximate surface area is 240 Å². The van der Waals surface area contributed by atoms with Crippen LogP contribution in [0.1, 0.15) is 24.0 Å². The van der Waals surface area contributed by atoms with E-state index < -0.39 is 35.3 Å². The normalized spacial score (nSPS) is 17.3. The van der Waals surface area contributed by atoms with Crippen LogP contribution in [0.25, 0.3) is 10.2 Å². The third kappa shape index (κ3) is 6.00. The number of carbonyl (C=O) groups is 2. The maximum Gasteiger partial charge on any atom is 0.304 e. The Morgan fingerprint density at radius 2 is 1.78 bits per heavy atom. The van der Waals surface area contributed by atoms with Gasteiger partial charge in [0.15, 0.2) is 28.3 Å². The zero-order valence-corrected chi connectivity index (χ0v) is 24.2. The van der Waals surface area contributed by atoms with Gasteiger partial charge in [-0.15, -0.1) is 0 Å². The lowest BCUT2D eigenvalue weighted by molar-refractivity contribution is -0.917. The summed E-state index contributed by atoms with van der Waals surface area (Å²) in [6, 6.07) is 5.69. The summed E-state index contributed by atoms with van der Waals surface area (Å²) < 4.78 is 46.6. The Balaban J connectivity index is 1.34. The minimum atomic E-state index is -1.38. The number of nitrogens with zero attached hydrogens (tertiary/aromatic N) is 3. The van der Waals surface area contributed by atoms with E-state index in [1.165, 1.54) is 23.3 Å². The number of hydrogen-bond donors (Lipinski definition) is 1. The number of methoxy groups -OCH3 is 1. The molecule has 0 unspecified atom stereocenters. The molecule has 1 N–H and O–H groups in total. The molecule has 1 aromatic heterocycles. The van der Waals surface area contributed by atoms with Gasteiger partial charge in [-0.05, 0) is 36.1 Å². The number of hydrogen-bond acceptors (Lipinski definition) is 7. The van der Waals surface area contributed by atoms with E-state index in [-0.39, 0.29) is 12.8 Å². The lowest BCUT2D eigenvalue weighted by Gasteiger charge is -2.37. The van der Waals surface area contributed by atoms with E-state index in [4.69, 9.17) is 14.2 Å². The molecule has 1 saturated heterocycles. The largest absolute Gasteiger partial charge is 0.493 e. The average molecular weight is 591 g/mol. The van der Waals surface area contributed by atoms with Gasteiger partial charge in [-0.25, -0.2) is 13.8 Å². The number of aliphatic carboxylic acids is 1. The van der Waals surface area contributed by atoms with Crippen LogP contribution in [0.5, 0.6) is 11.5 Å². The summed E-state index contributed by atoms with van der Waals surface area (Å²) in [5, 5.41) is 10.0. The van der Waals surface area contributed by atoms with E-state index in [0.29, 0.717) is 39.9 Å². The number of amides is 1. The topological polar surface area (TPSA) is 98.2 Å². The predicted octanol–water partition coefficient (Wildman–Crippen LogP) is 4.05. The van der Waals surface area contributed by atoms with Crippen LogP contribution in [0.2, 0.25) is 0 Å². The van der Waals surface area contributed by atoms with E-state index >= 15 is 0 Å². The zero-order chi connectivity index (χ0) is 29.4. The van der Waals surface area contributed by atoms with E-state index in [0.717, 1.165) is 60.6 Å². The Morgan fingerprint density at radius 1 is 1.12 bits per heavy atom. The van der Waals surface area contributed by atoms with Gasteiger partial charge in [0, 0.05) is 25.6 Å². The smallest absolute Gasteiger partial charge is 0.304 e. The summed E-state index contributed by atoms with van der Waals surface area (Å²) in [5.41, 5.74) is 0.102. The van der Waals surface area contributed by atoms with Gasteiger partial charge in [0.05, 0.1) is 62.6 Å². The van der Waals surface area contributed by atoms with Gasteiger partial charge in [-0.2, -0.15) is 0 Å². The molecule has 0 atom stereocenters. The monoisotopic (exact) mass is 590 g/mol. The van der Waals surface area contributed by atoms with Crippen molar-refractivity contribution in [2.45, 2.75) is 25.7 Å². The number of aromatic nitrogens is 1. The van der Waals surface area contributed by atoms with Gasteiger partial charge in [0.25, 0.3) is 0 Å². The molecule has 1 amide bonds. The summed E-state index contributed by atoms with van der Waals surface area (Å²) in [6.45, 7) is 4.99. The van der Waals surface area contributed by atoms with Crippen LogP contribution >= 0.6 is 11.3 Å². The van der Waals surface area contributed by atoms with Crippen LogP contribution in [0.3, 0.4) is 0 Å². The van der Waals surface area contributed by atoms with Crippen molar-refractivity contribution in [3.63, 3.8) is 0 Å². The van der Waals surface area contributed by atoms with Gasteiger partial charge >= 0.3 is 5.97 Å². The van der Waals surface area contributed by atoms with Crippen molar-refractivity contribution in [3.8, 4) is 11.5 Å². The fraction of sp³-hybridized carbons (Fsp3) is 0.483. The second-order valence-corrected chi connectivity index (χ2v) is 12.2. The Morgan fingerprint density at radius 3 is 2.39 bits per heavy atom. The van der Waals surface area contributed by atoms with Gasteiger partial charge in [-0.3, -0.25) is 14.5 Å². The molecule has 9 nitrogen and oxygen atoms in total. The number of fused-ring (bicyclic) bond motifs is 2. The molecule has 41 heavy (non-hydrogen) atoms. The van der Waals surface area contributed by atoms with Crippen molar-refractivity contribution in [2.24, 2.45) is 5.41 Å². The van der Waals surface area contributed by atoms with Crippen LogP contribution in [0, 0.1) is 17.0 Å². The van der Waals surface area contributed by atoms with Gasteiger partial charge < -0.3 is 23.8 Å². The van der Waals surface area contributed by atoms with Crippen LogP contribution in [0.15, 0.2) is 24.3 Å². The first-order valence-corrected chi connectivity index (χ1v) is 14.3. The Kier molecular flexibility index (Phi) is 8.18. The van der Waals surface area contributed by atoms with Crippen molar-refractivity contribution in [1.29, 1.82) is 0 Å². The summed E-state index contributed by atoms with van der Waals surface area (Å²) in [6.07, 6.45) is 0.377. The molecule has 0 saturated carbocycles. The SMILES string of the molecule is COc1cc2sc(N(C)C(=O)C3(CC(=O)O)Cc4cc(F)c(F)cc4C3)nc2cc1OCCC[N+]1(C)CCOCC1. The number of halogens is 2. The van der Waals surface area contributed by atoms with Crippen molar-refractivity contribution in [1.82, 2.24) is 4.98 Å². The molecule has 1 fully saturated rings. The molecule has 5 rings (SSSR count). The molecule has 2 aliphatic rings. The van der Waals surface area contributed by atoms with Crippen LogP contribution < -0.4 is 14.4 Å². The van der Waals surface area contributed by atoms with Crippen LogP contribution in [-0.2, 0) is 27.2 Å². The highest BCUT2D eigenvalue weighted by Gasteiger charge is 2.48. The van der Waals surface area contributed by atoms with Crippen LogP contribution in [0.4, 0.5) is 13.9 Å². The second-order valence-electron chi connectivity index (χ2n) is 11.2. The summed E-state index contributed by atoms with van der Waals surface area (Å²) >= 11 is 1.26. The van der Waals surface area contributed by atoms with Crippen molar-refractivity contribution < 1.29 is 42.2 Å². The minimum absolute atomic E-state index is 0.00348. The van der Waals surface area contributed by atoms with Crippen LogP contribution in [-0.4, -0.2) is 87.1 Å². The summed E-state index contributed by atoms with van der Waals surface area (Å²) in [4.78, 5) is 31.6. The number of quaternary nitrogens is 1.